The third-order valence-electron chi connectivity index (χ3n) is 4.22. The molecule has 0 spiro atoms. The van der Waals surface area contributed by atoms with E-state index in [1.807, 2.05) is 42.5 Å². The molecule has 2 aromatic rings. The predicted octanol–water partition coefficient (Wildman–Crippen LogP) is 3.24. The van der Waals surface area contributed by atoms with Gasteiger partial charge in [0.1, 0.15) is 5.75 Å². The van der Waals surface area contributed by atoms with Crippen LogP contribution in [0, 0.1) is 0 Å². The van der Waals surface area contributed by atoms with Gasteiger partial charge in [-0.05, 0) is 50.1 Å². The zero-order valence-electron chi connectivity index (χ0n) is 16.6. The Bertz CT molecular complexity index is 727. The summed E-state index contributed by atoms with van der Waals surface area (Å²) in [5.74, 6) is -0.551. The van der Waals surface area contributed by atoms with Gasteiger partial charge >= 0.3 is 11.9 Å². The lowest BCUT2D eigenvalue weighted by atomic mass is 10.1. The van der Waals surface area contributed by atoms with Crippen LogP contribution in [-0.2, 0) is 25.5 Å². The van der Waals surface area contributed by atoms with Crippen molar-refractivity contribution in [1.82, 2.24) is 0 Å². The fraction of sp³-hybridized carbons (Fsp3) is 0.364. The minimum atomic E-state index is -1.17. The van der Waals surface area contributed by atoms with E-state index in [-0.39, 0.29) is 13.2 Å². The molecule has 0 aliphatic heterocycles. The van der Waals surface area contributed by atoms with Gasteiger partial charge in [-0.15, -0.1) is 0 Å². The van der Waals surface area contributed by atoms with Crippen molar-refractivity contribution >= 4 is 17.6 Å². The first kappa shape index (κ1) is 21.3. The van der Waals surface area contributed by atoms with E-state index in [0.29, 0.717) is 24.4 Å². The summed E-state index contributed by atoms with van der Waals surface area (Å²) >= 11 is 0. The molecule has 0 saturated carbocycles. The number of rotatable bonds is 10. The number of esters is 2. The van der Waals surface area contributed by atoms with Gasteiger partial charge in [-0.2, -0.15) is 0 Å². The molecule has 6 nitrogen and oxygen atoms in total. The van der Waals surface area contributed by atoms with Crippen molar-refractivity contribution in [2.24, 2.45) is 0 Å². The second-order valence-corrected chi connectivity index (χ2v) is 6.03. The Morgan fingerprint density at radius 3 is 1.96 bits per heavy atom. The molecule has 0 bridgehead atoms. The standard InChI is InChI=1S/C22H27NO5/c1-4-27-21(24)20(22(25)28-5-2)23(16-15-17-9-7-6-8-10-17)18-11-13-19(26-3)14-12-18/h6-14,20H,4-5,15-16H2,1-3H3. The van der Waals surface area contributed by atoms with E-state index in [1.165, 1.54) is 0 Å². The topological polar surface area (TPSA) is 65.1 Å². The normalized spacial score (nSPS) is 10.4. The Morgan fingerprint density at radius 1 is 0.893 bits per heavy atom. The lowest BCUT2D eigenvalue weighted by Crippen LogP contribution is -2.49. The average Bonchev–Trinajstić information content (AvgIpc) is 2.72. The van der Waals surface area contributed by atoms with E-state index in [4.69, 9.17) is 14.2 Å². The van der Waals surface area contributed by atoms with E-state index < -0.39 is 18.0 Å². The fourth-order valence-corrected chi connectivity index (χ4v) is 2.87. The molecule has 0 unspecified atom stereocenters. The number of ether oxygens (including phenoxy) is 3. The second kappa shape index (κ2) is 11.0. The third kappa shape index (κ3) is 5.74. The summed E-state index contributed by atoms with van der Waals surface area (Å²) in [5, 5.41) is 0. The Morgan fingerprint density at radius 2 is 1.46 bits per heavy atom. The summed E-state index contributed by atoms with van der Waals surface area (Å²) in [5.41, 5.74) is 1.82. The molecule has 0 N–H and O–H groups in total. The summed E-state index contributed by atoms with van der Waals surface area (Å²) in [6.45, 7) is 4.23. The Kier molecular flexibility index (Phi) is 8.34. The maximum Gasteiger partial charge on any atom is 0.340 e. The van der Waals surface area contributed by atoms with Crippen molar-refractivity contribution in [3.63, 3.8) is 0 Å². The largest absolute Gasteiger partial charge is 0.497 e. The van der Waals surface area contributed by atoms with Gasteiger partial charge in [0.15, 0.2) is 0 Å². The molecular formula is C22H27NO5. The molecule has 0 fully saturated rings. The molecule has 2 rings (SSSR count). The van der Waals surface area contributed by atoms with Crippen LogP contribution in [0.25, 0.3) is 0 Å². The lowest BCUT2D eigenvalue weighted by molar-refractivity contribution is -0.156. The maximum absolute atomic E-state index is 12.6. The van der Waals surface area contributed by atoms with Crippen LogP contribution in [-0.4, -0.2) is 44.8 Å². The molecule has 0 aromatic heterocycles. The Labute approximate surface area is 166 Å². The van der Waals surface area contributed by atoms with E-state index in [2.05, 4.69) is 0 Å². The highest BCUT2D eigenvalue weighted by Crippen LogP contribution is 2.23. The van der Waals surface area contributed by atoms with Crippen molar-refractivity contribution in [3.8, 4) is 5.75 Å². The van der Waals surface area contributed by atoms with Gasteiger partial charge in [0.05, 0.1) is 20.3 Å². The van der Waals surface area contributed by atoms with E-state index in [9.17, 15) is 9.59 Å². The predicted molar refractivity (Wildman–Crippen MR) is 108 cm³/mol. The van der Waals surface area contributed by atoms with Crippen molar-refractivity contribution < 1.29 is 23.8 Å². The Hall–Kier alpha value is -3.02. The first-order valence-electron chi connectivity index (χ1n) is 9.38. The Balaban J connectivity index is 2.36. The molecule has 0 atom stereocenters. The number of carbonyl (C=O) groups is 2. The van der Waals surface area contributed by atoms with Gasteiger partial charge in [0.25, 0.3) is 0 Å². The highest BCUT2D eigenvalue weighted by molar-refractivity contribution is 6.02. The van der Waals surface area contributed by atoms with Crippen LogP contribution in [0.2, 0.25) is 0 Å². The molecule has 0 saturated heterocycles. The van der Waals surface area contributed by atoms with Crippen molar-refractivity contribution in [2.45, 2.75) is 26.3 Å². The molecule has 0 heterocycles. The van der Waals surface area contributed by atoms with Crippen LogP contribution < -0.4 is 9.64 Å². The van der Waals surface area contributed by atoms with Gasteiger partial charge in [-0.25, -0.2) is 9.59 Å². The number of methoxy groups -OCH3 is 1. The summed E-state index contributed by atoms with van der Waals surface area (Å²) in [6.07, 6.45) is 0.655. The first-order chi connectivity index (χ1) is 13.6. The number of hydrogen-bond acceptors (Lipinski definition) is 6. The highest BCUT2D eigenvalue weighted by Gasteiger charge is 2.36. The average molecular weight is 385 g/mol. The van der Waals surface area contributed by atoms with E-state index >= 15 is 0 Å². The van der Waals surface area contributed by atoms with Crippen LogP contribution in [0.5, 0.6) is 5.75 Å². The first-order valence-corrected chi connectivity index (χ1v) is 9.38. The maximum atomic E-state index is 12.6. The molecule has 28 heavy (non-hydrogen) atoms. The van der Waals surface area contributed by atoms with Crippen LogP contribution in [0.1, 0.15) is 19.4 Å². The zero-order chi connectivity index (χ0) is 20.4. The molecule has 0 radical (unpaired) electrons. The quantitative estimate of drug-likeness (QED) is 0.462. The van der Waals surface area contributed by atoms with Gasteiger partial charge < -0.3 is 19.1 Å². The molecule has 2 aromatic carbocycles. The van der Waals surface area contributed by atoms with Crippen molar-refractivity contribution in [3.05, 3.63) is 60.2 Å². The van der Waals surface area contributed by atoms with Crippen LogP contribution in [0.15, 0.2) is 54.6 Å². The van der Waals surface area contributed by atoms with Gasteiger partial charge in [0, 0.05) is 12.2 Å². The van der Waals surface area contributed by atoms with E-state index in [0.717, 1.165) is 5.56 Å². The minimum Gasteiger partial charge on any atom is -0.497 e. The van der Waals surface area contributed by atoms with Gasteiger partial charge in [0.2, 0.25) is 6.04 Å². The summed E-state index contributed by atoms with van der Waals surface area (Å²) in [6, 6.07) is 15.9. The number of anilines is 1. The number of benzene rings is 2. The molecule has 150 valence electrons. The lowest BCUT2D eigenvalue weighted by Gasteiger charge is -2.30. The van der Waals surface area contributed by atoms with Crippen LogP contribution in [0.4, 0.5) is 5.69 Å². The van der Waals surface area contributed by atoms with E-state index in [1.54, 1.807) is 38.0 Å². The van der Waals surface area contributed by atoms with Crippen LogP contribution >= 0.6 is 0 Å². The minimum absolute atomic E-state index is 0.184. The van der Waals surface area contributed by atoms with Crippen molar-refractivity contribution in [2.75, 3.05) is 31.8 Å². The molecule has 0 aliphatic carbocycles. The molecule has 6 heteroatoms. The highest BCUT2D eigenvalue weighted by atomic mass is 16.6. The van der Waals surface area contributed by atoms with Gasteiger partial charge in [-0.1, -0.05) is 30.3 Å². The third-order valence-corrected chi connectivity index (χ3v) is 4.22. The SMILES string of the molecule is CCOC(=O)C(C(=O)OCC)N(CCc1ccccc1)c1ccc(OC)cc1. The second-order valence-electron chi connectivity index (χ2n) is 6.03. The monoisotopic (exact) mass is 385 g/mol. The van der Waals surface area contributed by atoms with Crippen molar-refractivity contribution in [1.29, 1.82) is 0 Å². The summed E-state index contributed by atoms with van der Waals surface area (Å²) in [4.78, 5) is 27.0. The number of hydrogen-bond donors (Lipinski definition) is 0. The molecular weight excluding hydrogens is 358 g/mol. The van der Waals surface area contributed by atoms with Crippen LogP contribution in [0.3, 0.4) is 0 Å². The molecule has 0 amide bonds. The number of nitrogens with zero attached hydrogens (tertiary/aromatic N) is 1. The fourth-order valence-electron chi connectivity index (χ4n) is 2.87. The zero-order valence-corrected chi connectivity index (χ0v) is 16.6. The summed E-state index contributed by atoms with van der Waals surface area (Å²) in [7, 11) is 1.59. The number of carbonyl (C=O) groups excluding carboxylic acids is 2. The summed E-state index contributed by atoms with van der Waals surface area (Å²) < 4.78 is 15.5. The smallest absolute Gasteiger partial charge is 0.340 e. The molecule has 0 aliphatic rings. The van der Waals surface area contributed by atoms with Gasteiger partial charge in [-0.3, -0.25) is 0 Å².